The van der Waals surface area contributed by atoms with E-state index in [0.29, 0.717) is 6.42 Å². The lowest BCUT2D eigenvalue weighted by molar-refractivity contribution is -0.137. The van der Waals surface area contributed by atoms with Crippen LogP contribution in [0, 0.1) is 0 Å². The molecule has 0 saturated heterocycles. The quantitative estimate of drug-likeness (QED) is 0.0585. The van der Waals surface area contributed by atoms with Crippen molar-refractivity contribution < 1.29 is 34.2 Å². The Bertz CT molecular complexity index is 566. The Hall–Kier alpha value is -1.21. The van der Waals surface area contributed by atoms with Gasteiger partial charge >= 0.3 is 13.6 Å². The van der Waals surface area contributed by atoms with E-state index in [1.807, 2.05) is 6.08 Å². The molecule has 0 fully saturated rings. The average molecular weight is 522 g/mol. The highest BCUT2D eigenvalue weighted by Crippen LogP contribution is 2.34. The molecule has 208 valence electrons. The fraction of sp³-hybridized carbons (Fsp3) is 0.846. The lowest BCUT2D eigenvalue weighted by Crippen LogP contribution is -2.31. The molecule has 8 nitrogen and oxygen atoms in total. The van der Waals surface area contributed by atoms with E-state index in [9.17, 15) is 14.2 Å². The number of rotatable bonds is 24. The topological polar surface area (TPSA) is 158 Å². The molecule has 0 saturated carbocycles. The van der Waals surface area contributed by atoms with Gasteiger partial charge in [0.15, 0.2) is 0 Å². The largest absolute Gasteiger partial charge is 0.481 e. The van der Waals surface area contributed by atoms with Gasteiger partial charge in [-0.3, -0.25) is 14.2 Å². The minimum atomic E-state index is -4.33. The van der Waals surface area contributed by atoms with Gasteiger partial charge in [0, 0.05) is 6.42 Å². The molecule has 1 amide bonds. The van der Waals surface area contributed by atoms with Crippen LogP contribution in [-0.4, -0.2) is 44.1 Å². The summed E-state index contributed by atoms with van der Waals surface area (Å²) in [7, 11) is -4.33. The first-order valence-electron chi connectivity index (χ1n) is 13.4. The van der Waals surface area contributed by atoms with Crippen LogP contribution in [0.4, 0.5) is 0 Å². The molecule has 0 bridgehead atoms. The van der Waals surface area contributed by atoms with Crippen molar-refractivity contribution in [2.75, 3.05) is 6.16 Å². The zero-order valence-electron chi connectivity index (χ0n) is 21.7. The van der Waals surface area contributed by atoms with E-state index in [0.717, 1.165) is 12.8 Å². The molecule has 35 heavy (non-hydrogen) atoms. The van der Waals surface area contributed by atoms with Gasteiger partial charge in [-0.2, -0.15) is 0 Å². The Morgan fingerprint density at radius 2 is 1.03 bits per heavy atom. The summed E-state index contributed by atoms with van der Waals surface area (Å²) in [5, 5.41) is 17.1. The van der Waals surface area contributed by atoms with Crippen molar-refractivity contribution in [1.82, 2.24) is 0 Å². The summed E-state index contributed by atoms with van der Waals surface area (Å²) in [5.74, 6) is -1.79. The van der Waals surface area contributed by atoms with Crippen molar-refractivity contribution >= 4 is 19.5 Å². The lowest BCUT2D eigenvalue weighted by atomic mass is 10.0. The zero-order chi connectivity index (χ0) is 26.8. The van der Waals surface area contributed by atoms with Gasteiger partial charge in [-0.25, -0.2) is 0 Å². The summed E-state index contributed by atoms with van der Waals surface area (Å²) in [4.78, 5) is 36.8. The van der Waals surface area contributed by atoms with Gasteiger partial charge in [0.2, 0.25) is 5.91 Å². The van der Waals surface area contributed by atoms with Crippen molar-refractivity contribution in [2.24, 2.45) is 5.73 Å². The molecule has 0 aromatic rings. The van der Waals surface area contributed by atoms with Gasteiger partial charge in [-0.1, -0.05) is 109 Å². The molecule has 0 spiro atoms. The monoisotopic (exact) mass is 521 g/mol. The summed E-state index contributed by atoms with van der Waals surface area (Å²) in [6.07, 6.45) is 24.9. The molecule has 1 atom stereocenters. The lowest BCUT2D eigenvalue weighted by Gasteiger charge is -2.06. The van der Waals surface area contributed by atoms with Gasteiger partial charge in [0.05, 0.1) is 6.16 Å². The third-order valence-corrected chi connectivity index (χ3v) is 6.61. The van der Waals surface area contributed by atoms with E-state index in [2.05, 4.69) is 12.3 Å². The van der Waals surface area contributed by atoms with Crippen LogP contribution in [0.1, 0.15) is 128 Å². The van der Waals surface area contributed by atoms with Crippen LogP contribution in [0.15, 0.2) is 12.7 Å². The maximum absolute atomic E-state index is 10.4. The van der Waals surface area contributed by atoms with Crippen LogP contribution in [0.25, 0.3) is 0 Å². The number of aliphatic carboxylic acids is 1. The number of carbonyl (C=O) groups excluding carboxylic acids is 1. The third-order valence-electron chi connectivity index (χ3n) is 5.79. The van der Waals surface area contributed by atoms with Gasteiger partial charge in [-0.15, -0.1) is 6.58 Å². The summed E-state index contributed by atoms with van der Waals surface area (Å²) < 4.78 is 10.1. The molecule has 0 aliphatic heterocycles. The number of hydrogen-bond acceptors (Lipinski definition) is 4. The molecule has 0 aliphatic carbocycles. The van der Waals surface area contributed by atoms with E-state index in [1.165, 1.54) is 109 Å². The number of carbonyl (C=O) groups is 2. The third kappa shape index (κ3) is 35.0. The van der Waals surface area contributed by atoms with E-state index >= 15 is 0 Å². The Balaban J connectivity index is 0. The van der Waals surface area contributed by atoms with Crippen LogP contribution in [0.5, 0.6) is 0 Å². The van der Waals surface area contributed by atoms with Crippen molar-refractivity contribution in [1.29, 1.82) is 0 Å². The van der Waals surface area contributed by atoms with Crippen LogP contribution in [0.3, 0.4) is 0 Å². The van der Waals surface area contributed by atoms with E-state index < -0.39 is 31.7 Å². The predicted molar refractivity (Wildman–Crippen MR) is 142 cm³/mol. The first-order chi connectivity index (χ1) is 16.6. The second-order valence-electron chi connectivity index (χ2n) is 9.35. The Morgan fingerprint density at radius 3 is 1.26 bits per heavy atom. The molecule has 0 aliphatic rings. The van der Waals surface area contributed by atoms with E-state index in [-0.39, 0.29) is 0 Å². The Morgan fingerprint density at radius 1 is 0.714 bits per heavy atom. The second-order valence-corrected chi connectivity index (χ2v) is 11.0. The van der Waals surface area contributed by atoms with E-state index in [4.69, 9.17) is 20.0 Å². The number of amides is 1. The van der Waals surface area contributed by atoms with Crippen molar-refractivity contribution in [3.8, 4) is 0 Å². The van der Waals surface area contributed by atoms with Gasteiger partial charge in [-0.05, 0) is 19.3 Å². The number of carboxylic acids is 1. The number of aliphatic hydroxyl groups excluding tert-OH is 1. The summed E-state index contributed by atoms with van der Waals surface area (Å²) in [5.41, 5.74) is 4.51. The van der Waals surface area contributed by atoms with Crippen molar-refractivity contribution in [2.45, 2.75) is 135 Å². The fourth-order valence-corrected chi connectivity index (χ4v) is 4.34. The zero-order valence-corrected chi connectivity index (χ0v) is 22.6. The molecule has 0 aromatic carbocycles. The SMILES string of the molecule is C=CCCCCCCCCCCCCCCCCCCCCC(=O)O.NC(=O)C(O)CP(=O)(O)O. The van der Waals surface area contributed by atoms with Gasteiger partial charge in [0.25, 0.3) is 0 Å². The second kappa shape index (κ2) is 25.9. The fourth-order valence-electron chi connectivity index (χ4n) is 3.71. The average Bonchev–Trinajstić information content (AvgIpc) is 2.77. The van der Waals surface area contributed by atoms with Crippen LogP contribution in [0.2, 0.25) is 0 Å². The minimum Gasteiger partial charge on any atom is -0.481 e. The van der Waals surface area contributed by atoms with Crippen molar-refractivity contribution in [3.63, 3.8) is 0 Å². The highest BCUT2D eigenvalue weighted by molar-refractivity contribution is 7.51. The molecular formula is C26H52NO7P. The maximum atomic E-state index is 10.4. The first-order valence-corrected chi connectivity index (χ1v) is 15.2. The summed E-state index contributed by atoms with van der Waals surface area (Å²) in [6.45, 7) is 3.77. The molecule has 0 heterocycles. The molecule has 9 heteroatoms. The van der Waals surface area contributed by atoms with Gasteiger partial charge in [0.1, 0.15) is 6.10 Å². The highest BCUT2D eigenvalue weighted by atomic mass is 31.2. The van der Waals surface area contributed by atoms with Crippen LogP contribution in [-0.2, 0) is 14.2 Å². The van der Waals surface area contributed by atoms with Crippen molar-refractivity contribution in [3.05, 3.63) is 12.7 Å². The van der Waals surface area contributed by atoms with Gasteiger partial charge < -0.3 is 25.7 Å². The smallest absolute Gasteiger partial charge is 0.328 e. The Labute approximate surface area is 212 Å². The molecule has 1 unspecified atom stereocenters. The molecule has 0 radical (unpaired) electrons. The summed E-state index contributed by atoms with van der Waals surface area (Å²) in [6, 6.07) is 0. The summed E-state index contributed by atoms with van der Waals surface area (Å²) >= 11 is 0. The minimum absolute atomic E-state index is 0.343. The molecule has 0 aromatic heterocycles. The standard InChI is InChI=1S/C23H44O2.C3H8NO5P/c1-2-3-4-5-6-7-8-9-10-11-12-13-14-15-16-17-18-19-20-21-22-23(24)25;4-3(6)2(5)1-10(7,8)9/h2H,1,3-22H2,(H,24,25);2,5H,1H2,(H2,4,6)(H2,7,8,9). The maximum Gasteiger partial charge on any atom is 0.328 e. The number of nitrogens with two attached hydrogens (primary N) is 1. The molecule has 0 rings (SSSR count). The van der Waals surface area contributed by atoms with Crippen LogP contribution < -0.4 is 5.73 Å². The number of primary amides is 1. The number of aliphatic hydroxyl groups is 1. The van der Waals surface area contributed by atoms with E-state index in [1.54, 1.807) is 0 Å². The normalized spacial score (nSPS) is 12.0. The molecule has 6 N–H and O–H groups in total. The Kier molecular flexibility index (Phi) is 26.6. The first kappa shape index (κ1) is 35.9. The predicted octanol–water partition coefficient (Wildman–Crippen LogP) is 6.07. The number of hydrogen-bond donors (Lipinski definition) is 5. The number of unbranched alkanes of at least 4 members (excludes halogenated alkanes) is 18. The number of allylic oxidation sites excluding steroid dienone is 1. The molecular weight excluding hydrogens is 469 g/mol. The van der Waals surface area contributed by atoms with Crippen LogP contribution >= 0.6 is 7.60 Å². The highest BCUT2D eigenvalue weighted by Gasteiger charge is 2.23. The number of carboxylic acid groups (broad SMARTS) is 1.